The Bertz CT molecular complexity index is 2730. The number of aromatic nitrogens is 1. The van der Waals surface area contributed by atoms with Gasteiger partial charge in [0.05, 0.1) is 21.8 Å². The van der Waals surface area contributed by atoms with Gasteiger partial charge in [0.2, 0.25) is 5.43 Å². The van der Waals surface area contributed by atoms with Crippen LogP contribution in [0, 0.1) is 0 Å². The molecule has 0 saturated carbocycles. The maximum absolute atomic E-state index is 13.9. The van der Waals surface area contributed by atoms with E-state index in [1.165, 1.54) is 27.4 Å². The van der Waals surface area contributed by atoms with Crippen LogP contribution in [0.15, 0.2) is 161 Å². The molecule has 0 aliphatic heterocycles. The number of nitrogens with zero attached hydrogens (tertiary/aromatic N) is 1. The Balaban J connectivity index is 1.35. The number of para-hydroxylation sites is 3. The van der Waals surface area contributed by atoms with Crippen LogP contribution in [0.3, 0.4) is 0 Å². The molecule has 0 atom stereocenters. The van der Waals surface area contributed by atoms with E-state index in [4.69, 9.17) is 4.42 Å². The normalized spacial score (nSPS) is 12.0. The van der Waals surface area contributed by atoms with Gasteiger partial charge in [-0.1, -0.05) is 103 Å². The van der Waals surface area contributed by atoms with E-state index in [0.717, 1.165) is 44.6 Å². The minimum atomic E-state index is -0.0150. The zero-order valence-electron chi connectivity index (χ0n) is 24.7. The molecule has 7 aromatic carbocycles. The molecule has 46 heavy (non-hydrogen) atoms. The fourth-order valence-corrected chi connectivity index (χ4v) is 7.53. The van der Waals surface area contributed by atoms with Crippen LogP contribution in [0.2, 0.25) is 0 Å². The van der Waals surface area contributed by atoms with Gasteiger partial charge in [-0.25, -0.2) is 0 Å². The van der Waals surface area contributed by atoms with E-state index >= 15 is 0 Å². The molecule has 0 spiro atoms. The number of benzene rings is 7. The maximum atomic E-state index is 13.9. The Hall–Kier alpha value is -6.19. The van der Waals surface area contributed by atoms with E-state index < -0.39 is 0 Å². The molecular formula is C43H25NO2. The molecule has 0 bridgehead atoms. The summed E-state index contributed by atoms with van der Waals surface area (Å²) in [6.45, 7) is 0. The Morgan fingerprint density at radius 1 is 0.370 bits per heavy atom. The van der Waals surface area contributed by atoms with Crippen LogP contribution in [0.5, 0.6) is 0 Å². The van der Waals surface area contributed by atoms with Gasteiger partial charge in [0.25, 0.3) is 0 Å². The van der Waals surface area contributed by atoms with Crippen molar-refractivity contribution in [2.24, 2.45) is 0 Å². The quantitative estimate of drug-likeness (QED) is 0.179. The van der Waals surface area contributed by atoms with Crippen molar-refractivity contribution in [3.8, 4) is 50.2 Å². The highest BCUT2D eigenvalue weighted by molar-refractivity contribution is 6.10. The summed E-state index contributed by atoms with van der Waals surface area (Å²) in [6, 6.07) is 52.8. The molecule has 0 N–H and O–H groups in total. The van der Waals surface area contributed by atoms with Gasteiger partial charge in [-0.15, -0.1) is 0 Å². The molecule has 3 heteroatoms. The molecule has 1 aliphatic carbocycles. The first-order chi connectivity index (χ1) is 22.7. The van der Waals surface area contributed by atoms with Crippen molar-refractivity contribution in [1.29, 1.82) is 0 Å². The second kappa shape index (κ2) is 9.40. The summed E-state index contributed by atoms with van der Waals surface area (Å²) < 4.78 is 8.75. The Labute approximate surface area is 264 Å². The highest BCUT2D eigenvalue weighted by atomic mass is 16.3. The predicted molar refractivity (Wildman–Crippen MR) is 190 cm³/mol. The highest BCUT2D eigenvalue weighted by Gasteiger charge is 2.24. The number of hydrogen-bond acceptors (Lipinski definition) is 2. The smallest absolute Gasteiger partial charge is 0.200 e. The van der Waals surface area contributed by atoms with Gasteiger partial charge < -0.3 is 8.98 Å². The van der Waals surface area contributed by atoms with Crippen molar-refractivity contribution in [1.82, 2.24) is 4.57 Å². The lowest BCUT2D eigenvalue weighted by Gasteiger charge is -2.24. The molecule has 0 radical (unpaired) electrons. The van der Waals surface area contributed by atoms with Crippen molar-refractivity contribution in [3.05, 3.63) is 162 Å². The van der Waals surface area contributed by atoms with E-state index in [1.807, 2.05) is 30.3 Å². The van der Waals surface area contributed by atoms with Crippen LogP contribution in [-0.4, -0.2) is 4.57 Å². The predicted octanol–water partition coefficient (Wildman–Crippen LogP) is 11.0. The maximum Gasteiger partial charge on any atom is 0.200 e. The van der Waals surface area contributed by atoms with Gasteiger partial charge in [-0.2, -0.15) is 0 Å². The standard InChI is InChI=1S/C43H25NO2/c45-43-34-17-7-10-20-41(34)46-42-25-37-30-14-4-2-12-28(30)27-11-1-3-13-29(27)35-23-26(21-22-31(35)36(37)24-38(42)43)44-39-18-8-5-15-32(39)33-16-6-9-19-40(33)44/h1-25H. The van der Waals surface area contributed by atoms with Crippen LogP contribution < -0.4 is 5.43 Å². The van der Waals surface area contributed by atoms with Crippen molar-refractivity contribution in [2.45, 2.75) is 0 Å². The molecule has 9 aromatic rings. The van der Waals surface area contributed by atoms with Gasteiger partial charge in [0.15, 0.2) is 0 Å². The summed E-state index contributed by atoms with van der Waals surface area (Å²) in [5.74, 6) is 0. The molecule has 0 unspecified atom stereocenters. The first kappa shape index (κ1) is 25.2. The Morgan fingerprint density at radius 2 is 0.848 bits per heavy atom. The second-order valence-corrected chi connectivity index (χ2v) is 12.0. The molecular weight excluding hydrogens is 562 g/mol. The number of rotatable bonds is 1. The van der Waals surface area contributed by atoms with Crippen molar-refractivity contribution in [3.63, 3.8) is 0 Å². The van der Waals surface area contributed by atoms with Crippen molar-refractivity contribution in [2.75, 3.05) is 0 Å². The topological polar surface area (TPSA) is 35.1 Å². The summed E-state index contributed by atoms with van der Waals surface area (Å²) in [4.78, 5) is 13.9. The third-order valence-electron chi connectivity index (χ3n) is 9.57. The third kappa shape index (κ3) is 3.45. The molecule has 2 heterocycles. The second-order valence-electron chi connectivity index (χ2n) is 12.0. The average molecular weight is 588 g/mol. The zero-order valence-corrected chi connectivity index (χ0v) is 24.7. The fourth-order valence-electron chi connectivity index (χ4n) is 7.53. The van der Waals surface area contributed by atoms with Gasteiger partial charge in [0, 0.05) is 16.5 Å². The van der Waals surface area contributed by atoms with Crippen LogP contribution in [0.25, 0.3) is 93.9 Å². The molecule has 0 saturated heterocycles. The Morgan fingerprint density at radius 3 is 1.50 bits per heavy atom. The fraction of sp³-hybridized carbons (Fsp3) is 0. The lowest BCUT2D eigenvalue weighted by Crippen LogP contribution is -2.04. The van der Waals surface area contributed by atoms with E-state index in [1.54, 1.807) is 0 Å². The van der Waals surface area contributed by atoms with Gasteiger partial charge in [-0.05, 0) is 93.0 Å². The lowest BCUT2D eigenvalue weighted by molar-refractivity contribution is 0.660. The largest absolute Gasteiger partial charge is 0.456 e. The van der Waals surface area contributed by atoms with E-state index in [9.17, 15) is 4.79 Å². The number of hydrogen-bond donors (Lipinski definition) is 0. The minimum absolute atomic E-state index is 0.0150. The summed E-state index contributed by atoms with van der Waals surface area (Å²) in [6.07, 6.45) is 0. The molecule has 214 valence electrons. The van der Waals surface area contributed by atoms with Crippen molar-refractivity contribution < 1.29 is 4.42 Å². The molecule has 2 aromatic heterocycles. The summed E-state index contributed by atoms with van der Waals surface area (Å²) >= 11 is 0. The molecule has 0 fully saturated rings. The SMILES string of the molecule is O=c1c2ccccc2oc2cc3c(cc12)-c1ccc(-n2c4ccccc4c4ccccc42)cc1-c1ccccc1-c1ccccc1-3. The van der Waals surface area contributed by atoms with Crippen LogP contribution in [0.1, 0.15) is 0 Å². The molecule has 10 rings (SSSR count). The van der Waals surface area contributed by atoms with Gasteiger partial charge in [0.1, 0.15) is 11.2 Å². The van der Waals surface area contributed by atoms with Crippen LogP contribution in [-0.2, 0) is 0 Å². The average Bonchev–Trinajstić information content (AvgIpc) is 3.45. The van der Waals surface area contributed by atoms with Crippen LogP contribution in [0.4, 0.5) is 0 Å². The Kier molecular flexibility index (Phi) is 5.15. The monoisotopic (exact) mass is 587 g/mol. The van der Waals surface area contributed by atoms with E-state index in [0.29, 0.717) is 21.9 Å². The summed E-state index contributed by atoms with van der Waals surface area (Å²) in [5, 5.41) is 3.64. The third-order valence-corrected chi connectivity index (χ3v) is 9.57. The lowest BCUT2D eigenvalue weighted by atomic mass is 9.80. The molecule has 0 amide bonds. The molecule has 1 aliphatic rings. The number of fused-ring (bicyclic) bond motifs is 13. The highest BCUT2D eigenvalue weighted by Crippen LogP contribution is 2.49. The van der Waals surface area contributed by atoms with Crippen molar-refractivity contribution >= 4 is 43.7 Å². The van der Waals surface area contributed by atoms with E-state index in [-0.39, 0.29) is 5.43 Å². The van der Waals surface area contributed by atoms with E-state index in [2.05, 4.69) is 126 Å². The molecule has 3 nitrogen and oxygen atoms in total. The first-order valence-corrected chi connectivity index (χ1v) is 15.6. The van der Waals surface area contributed by atoms with Crippen LogP contribution >= 0.6 is 0 Å². The summed E-state index contributed by atoms with van der Waals surface area (Å²) in [7, 11) is 0. The van der Waals surface area contributed by atoms with Gasteiger partial charge in [-0.3, -0.25) is 4.79 Å². The van der Waals surface area contributed by atoms with Gasteiger partial charge >= 0.3 is 0 Å². The minimum Gasteiger partial charge on any atom is -0.456 e. The first-order valence-electron chi connectivity index (χ1n) is 15.6. The summed E-state index contributed by atoms with van der Waals surface area (Å²) in [5.41, 5.74) is 13.5. The zero-order chi connectivity index (χ0) is 30.4.